The highest BCUT2D eigenvalue weighted by atomic mass is 16.5. The van der Waals surface area contributed by atoms with Crippen molar-refractivity contribution in [2.75, 3.05) is 13.2 Å². The van der Waals surface area contributed by atoms with Gasteiger partial charge in [0.2, 0.25) is 11.8 Å². The summed E-state index contributed by atoms with van der Waals surface area (Å²) in [6.45, 7) is 11.3. The molecule has 1 aliphatic rings. The van der Waals surface area contributed by atoms with E-state index < -0.39 is 11.5 Å². The maximum atomic E-state index is 12.9. The molecule has 1 rings (SSSR count). The molecule has 1 fully saturated rings. The summed E-state index contributed by atoms with van der Waals surface area (Å²) in [6, 6.07) is -0.339. The number of ether oxygens (including phenoxy) is 1. The molecule has 32 heavy (non-hydrogen) atoms. The van der Waals surface area contributed by atoms with E-state index in [0.29, 0.717) is 12.8 Å². The normalized spacial score (nSPS) is 16.8. The molecular formula is C25H42N2O5. The van der Waals surface area contributed by atoms with Crippen molar-refractivity contribution in [1.29, 1.82) is 0 Å². The van der Waals surface area contributed by atoms with Crippen LogP contribution in [0.4, 0.5) is 0 Å². The molecular weight excluding hydrogens is 408 g/mol. The smallest absolute Gasteiger partial charge is 0.305 e. The Morgan fingerprint density at radius 3 is 2.38 bits per heavy atom. The van der Waals surface area contributed by atoms with E-state index in [-0.39, 0.29) is 49.4 Å². The predicted octanol–water partition coefficient (Wildman–Crippen LogP) is 3.42. The number of esters is 1. The third-order valence-corrected chi connectivity index (χ3v) is 6.12. The molecule has 1 aliphatic carbocycles. The Balaban J connectivity index is 2.60. The van der Waals surface area contributed by atoms with Crippen LogP contribution < -0.4 is 10.6 Å². The first-order chi connectivity index (χ1) is 15.3. The van der Waals surface area contributed by atoms with Crippen LogP contribution in [0.2, 0.25) is 0 Å². The zero-order chi connectivity index (χ0) is 24.0. The minimum Gasteiger partial charge on any atom is -0.463 e. The van der Waals surface area contributed by atoms with Crippen LogP contribution in [0.25, 0.3) is 0 Å². The number of amides is 2. The summed E-state index contributed by atoms with van der Waals surface area (Å²) in [5.41, 5.74) is -0.563. The van der Waals surface area contributed by atoms with Gasteiger partial charge in [-0.1, -0.05) is 38.8 Å². The highest BCUT2D eigenvalue weighted by Crippen LogP contribution is 2.29. The van der Waals surface area contributed by atoms with Crippen LogP contribution >= 0.6 is 0 Å². The molecule has 7 heteroatoms. The maximum absolute atomic E-state index is 12.9. The number of hydrogen-bond acceptors (Lipinski definition) is 5. The van der Waals surface area contributed by atoms with Crippen LogP contribution in [-0.4, -0.2) is 47.7 Å². The zero-order valence-corrected chi connectivity index (χ0v) is 19.9. The van der Waals surface area contributed by atoms with E-state index in [0.717, 1.165) is 44.9 Å². The second-order valence-electron chi connectivity index (χ2n) is 9.20. The fourth-order valence-electron chi connectivity index (χ4n) is 3.94. The van der Waals surface area contributed by atoms with Gasteiger partial charge in [-0.2, -0.15) is 0 Å². The van der Waals surface area contributed by atoms with Gasteiger partial charge in [-0.25, -0.2) is 0 Å². The average molecular weight is 451 g/mol. The highest BCUT2D eigenvalue weighted by molar-refractivity contribution is 5.86. The summed E-state index contributed by atoms with van der Waals surface area (Å²) >= 11 is 0. The minimum atomic E-state index is -0.569. The van der Waals surface area contributed by atoms with Gasteiger partial charge >= 0.3 is 5.97 Å². The van der Waals surface area contributed by atoms with Gasteiger partial charge in [-0.15, -0.1) is 13.2 Å². The van der Waals surface area contributed by atoms with Crippen LogP contribution in [-0.2, 0) is 19.1 Å². The van der Waals surface area contributed by atoms with Gasteiger partial charge in [0.1, 0.15) is 6.61 Å². The van der Waals surface area contributed by atoms with Gasteiger partial charge in [0.05, 0.1) is 24.1 Å². The lowest BCUT2D eigenvalue weighted by molar-refractivity contribution is -0.145. The van der Waals surface area contributed by atoms with E-state index in [4.69, 9.17) is 4.74 Å². The molecule has 0 aromatic carbocycles. The minimum absolute atomic E-state index is 0.0213. The fourth-order valence-corrected chi connectivity index (χ4v) is 3.94. The Hall–Kier alpha value is -2.15. The molecule has 0 aromatic rings. The monoisotopic (exact) mass is 450 g/mol. The molecule has 0 aliphatic heterocycles. The Morgan fingerprint density at radius 1 is 1.12 bits per heavy atom. The van der Waals surface area contributed by atoms with E-state index in [1.807, 2.05) is 19.9 Å². The number of carbonyl (C=O) groups is 3. The topological polar surface area (TPSA) is 105 Å². The molecule has 7 nitrogen and oxygen atoms in total. The molecule has 0 saturated heterocycles. The van der Waals surface area contributed by atoms with Crippen molar-refractivity contribution in [3.05, 3.63) is 25.3 Å². The number of aliphatic hydroxyl groups excluding tert-OH is 1. The van der Waals surface area contributed by atoms with Crippen LogP contribution in [0.15, 0.2) is 25.3 Å². The third-order valence-electron chi connectivity index (χ3n) is 6.12. The van der Waals surface area contributed by atoms with Crippen LogP contribution in [0.3, 0.4) is 0 Å². The summed E-state index contributed by atoms with van der Waals surface area (Å²) in [6.07, 6.45) is 10.1. The Labute approximate surface area is 193 Å². The van der Waals surface area contributed by atoms with Gasteiger partial charge < -0.3 is 20.5 Å². The number of nitrogens with one attached hydrogen (secondary N) is 2. The van der Waals surface area contributed by atoms with Crippen LogP contribution in [0.1, 0.15) is 78.1 Å². The first-order valence-electron chi connectivity index (χ1n) is 11.9. The molecule has 2 amide bonds. The number of allylic oxidation sites excluding steroid dienone is 2. The lowest BCUT2D eigenvalue weighted by Crippen LogP contribution is -2.50. The van der Waals surface area contributed by atoms with E-state index >= 15 is 0 Å². The second kappa shape index (κ2) is 14.8. The Kier molecular flexibility index (Phi) is 12.9. The number of aliphatic hydroxyl groups is 1. The van der Waals surface area contributed by atoms with Crippen molar-refractivity contribution in [3.63, 3.8) is 0 Å². The SMILES string of the molecule is C=CCCCCC(=O)OC[C@@H](NC(=O)[C@H](CC=C)CC(=O)NC1(CO)CCCC1)C(C)C. The fraction of sp³-hybridized carbons (Fsp3) is 0.720. The molecule has 182 valence electrons. The molecule has 0 aromatic heterocycles. The standard InChI is InChI=1S/C25H42N2O5/c1-5-7-8-9-13-23(30)32-17-21(19(3)4)26-24(31)20(12-6-2)16-22(29)27-25(18-28)14-10-11-15-25/h5-6,19-21,28H,1-2,7-18H2,3-4H3,(H,26,31)(H,27,29)/t20-,21-/m1/s1. The summed E-state index contributed by atoms with van der Waals surface area (Å²) in [5, 5.41) is 15.6. The number of unbranched alkanes of at least 4 members (excludes halogenated alkanes) is 2. The molecule has 0 heterocycles. The lowest BCUT2D eigenvalue weighted by Gasteiger charge is -2.29. The van der Waals surface area contributed by atoms with Crippen molar-refractivity contribution in [2.24, 2.45) is 11.8 Å². The molecule has 1 saturated carbocycles. The average Bonchev–Trinajstić information content (AvgIpc) is 3.22. The molecule has 0 spiro atoms. The number of rotatable bonds is 16. The summed E-state index contributed by atoms with van der Waals surface area (Å²) < 4.78 is 5.38. The predicted molar refractivity (Wildman–Crippen MR) is 126 cm³/mol. The molecule has 3 N–H and O–H groups in total. The maximum Gasteiger partial charge on any atom is 0.305 e. The Bertz CT molecular complexity index is 626. The molecule has 2 atom stereocenters. The van der Waals surface area contributed by atoms with Gasteiger partial charge in [0.15, 0.2) is 0 Å². The van der Waals surface area contributed by atoms with Gasteiger partial charge in [0.25, 0.3) is 0 Å². The van der Waals surface area contributed by atoms with Crippen LogP contribution in [0, 0.1) is 11.8 Å². The zero-order valence-electron chi connectivity index (χ0n) is 19.9. The van der Waals surface area contributed by atoms with Crippen molar-refractivity contribution < 1.29 is 24.2 Å². The number of hydrogen-bond donors (Lipinski definition) is 3. The van der Waals surface area contributed by atoms with E-state index in [1.165, 1.54) is 0 Å². The lowest BCUT2D eigenvalue weighted by atomic mass is 9.95. The summed E-state index contributed by atoms with van der Waals surface area (Å²) in [7, 11) is 0. The van der Waals surface area contributed by atoms with Crippen molar-refractivity contribution >= 4 is 17.8 Å². The molecule has 0 radical (unpaired) electrons. The molecule has 0 unspecified atom stereocenters. The third kappa shape index (κ3) is 9.98. The van der Waals surface area contributed by atoms with E-state index in [9.17, 15) is 19.5 Å². The first kappa shape index (κ1) is 27.9. The van der Waals surface area contributed by atoms with Gasteiger partial charge in [-0.3, -0.25) is 14.4 Å². The van der Waals surface area contributed by atoms with Gasteiger partial charge in [0, 0.05) is 12.8 Å². The quantitative estimate of drug-likeness (QED) is 0.190. The Morgan fingerprint density at radius 2 is 1.81 bits per heavy atom. The van der Waals surface area contributed by atoms with Crippen LogP contribution in [0.5, 0.6) is 0 Å². The van der Waals surface area contributed by atoms with Crippen molar-refractivity contribution in [3.8, 4) is 0 Å². The number of carbonyl (C=O) groups excluding carboxylic acids is 3. The van der Waals surface area contributed by atoms with Crippen molar-refractivity contribution in [2.45, 2.75) is 89.6 Å². The summed E-state index contributed by atoms with van der Waals surface area (Å²) in [4.78, 5) is 37.5. The highest BCUT2D eigenvalue weighted by Gasteiger charge is 2.35. The van der Waals surface area contributed by atoms with Crippen molar-refractivity contribution in [1.82, 2.24) is 10.6 Å². The second-order valence-corrected chi connectivity index (χ2v) is 9.20. The summed E-state index contributed by atoms with van der Waals surface area (Å²) in [5.74, 6) is -1.29. The largest absolute Gasteiger partial charge is 0.463 e. The van der Waals surface area contributed by atoms with E-state index in [1.54, 1.807) is 6.08 Å². The molecule has 0 bridgehead atoms. The van der Waals surface area contributed by atoms with E-state index in [2.05, 4.69) is 23.8 Å². The first-order valence-corrected chi connectivity index (χ1v) is 11.9. The van der Waals surface area contributed by atoms with Gasteiger partial charge in [-0.05, 0) is 44.4 Å².